The van der Waals surface area contributed by atoms with Crippen LogP contribution in [0.4, 0.5) is 0 Å². The van der Waals surface area contributed by atoms with Crippen molar-refractivity contribution in [1.29, 1.82) is 0 Å². The van der Waals surface area contributed by atoms with Crippen LogP contribution in [0.3, 0.4) is 0 Å². The minimum Gasteiger partial charge on any atom is -0.481 e. The maximum absolute atomic E-state index is 12.2. The van der Waals surface area contributed by atoms with E-state index < -0.39 is 17.5 Å². The second-order valence-electron chi connectivity index (χ2n) is 7.92. The average molecular weight is 386 g/mol. The van der Waals surface area contributed by atoms with Crippen molar-refractivity contribution in [2.24, 2.45) is 5.41 Å². The van der Waals surface area contributed by atoms with Gasteiger partial charge in [-0.15, -0.1) is 0 Å². The summed E-state index contributed by atoms with van der Waals surface area (Å²) in [6.07, 6.45) is 2.53. The number of hydrogen-bond donors (Lipinski definition) is 3. The zero-order valence-corrected chi connectivity index (χ0v) is 16.8. The molecule has 28 heavy (non-hydrogen) atoms. The van der Waals surface area contributed by atoms with E-state index in [0.29, 0.717) is 32.5 Å². The Hall–Kier alpha value is -2.18. The van der Waals surface area contributed by atoms with Crippen LogP contribution in [0, 0.1) is 12.3 Å². The van der Waals surface area contributed by atoms with Crippen LogP contribution in [0.25, 0.3) is 0 Å². The molecule has 6 nitrogen and oxygen atoms in total. The van der Waals surface area contributed by atoms with Crippen molar-refractivity contribution < 1.29 is 15.0 Å². The quantitative estimate of drug-likeness (QED) is 0.650. The Morgan fingerprint density at radius 2 is 2.11 bits per heavy atom. The van der Waals surface area contributed by atoms with Crippen LogP contribution in [0.15, 0.2) is 30.3 Å². The first kappa shape index (κ1) is 20.6. The van der Waals surface area contributed by atoms with Crippen LogP contribution >= 0.6 is 0 Å². The number of benzene rings is 1. The zero-order valence-electron chi connectivity index (χ0n) is 16.8. The smallest absolute Gasteiger partial charge is 0.313 e. The van der Waals surface area contributed by atoms with Crippen LogP contribution in [0.5, 0.6) is 0 Å². The Balaban J connectivity index is 1.69. The van der Waals surface area contributed by atoms with E-state index in [1.165, 1.54) is 5.56 Å². The largest absolute Gasteiger partial charge is 0.481 e. The summed E-state index contributed by atoms with van der Waals surface area (Å²) in [6, 6.07) is 10.1. The normalized spacial score (nSPS) is 23.0. The fourth-order valence-corrected chi connectivity index (χ4v) is 4.21. The maximum Gasteiger partial charge on any atom is 0.313 e. The highest BCUT2D eigenvalue weighted by atomic mass is 16.4. The molecular weight excluding hydrogens is 354 g/mol. The van der Waals surface area contributed by atoms with E-state index in [4.69, 9.17) is 0 Å². The molecule has 1 aliphatic heterocycles. The molecule has 0 unspecified atom stereocenters. The molecule has 1 aromatic heterocycles. The summed E-state index contributed by atoms with van der Waals surface area (Å²) >= 11 is 0. The first-order valence-corrected chi connectivity index (χ1v) is 10.2. The van der Waals surface area contributed by atoms with E-state index in [1.54, 1.807) is 0 Å². The summed E-state index contributed by atoms with van der Waals surface area (Å²) in [5.41, 5.74) is 2.08. The number of piperidine rings is 1. The number of H-pyrrole nitrogens is 1. The van der Waals surface area contributed by atoms with E-state index in [2.05, 4.69) is 33.9 Å². The van der Waals surface area contributed by atoms with Crippen molar-refractivity contribution in [1.82, 2.24) is 14.9 Å². The van der Waals surface area contributed by atoms with Gasteiger partial charge in [-0.05, 0) is 38.2 Å². The lowest BCUT2D eigenvalue weighted by molar-refractivity contribution is -0.164. The molecule has 0 amide bonds. The molecule has 3 N–H and O–H groups in total. The van der Waals surface area contributed by atoms with E-state index in [0.717, 1.165) is 36.5 Å². The molecular formula is C22H31N3O3. The highest BCUT2D eigenvalue weighted by Gasteiger charge is 2.48. The number of aliphatic carboxylic acids is 1. The number of rotatable bonds is 8. The predicted octanol–water partition coefficient (Wildman–Crippen LogP) is 2.94. The number of aromatic nitrogens is 2. The van der Waals surface area contributed by atoms with Crippen LogP contribution in [-0.2, 0) is 24.2 Å². The Bertz CT molecular complexity index is 790. The third-order valence-electron chi connectivity index (χ3n) is 5.96. The van der Waals surface area contributed by atoms with Crippen molar-refractivity contribution in [3.05, 3.63) is 53.1 Å². The highest BCUT2D eigenvalue weighted by molar-refractivity contribution is 5.76. The lowest BCUT2D eigenvalue weighted by Crippen LogP contribution is -2.55. The van der Waals surface area contributed by atoms with Gasteiger partial charge < -0.3 is 15.2 Å². The van der Waals surface area contributed by atoms with Crippen molar-refractivity contribution in [2.75, 3.05) is 13.1 Å². The summed E-state index contributed by atoms with van der Waals surface area (Å²) < 4.78 is 0. The molecule has 2 heterocycles. The second-order valence-corrected chi connectivity index (χ2v) is 7.92. The SMILES string of the molecule is CCc1nc(CN2CC[C@@H](O)[C@](CCCc3ccccc3)(C(=O)O)C2)c(C)[nH]1. The number of carboxylic acid groups (broad SMARTS) is 1. The molecule has 2 atom stereocenters. The summed E-state index contributed by atoms with van der Waals surface area (Å²) in [7, 11) is 0. The van der Waals surface area contributed by atoms with Gasteiger partial charge in [-0.25, -0.2) is 4.98 Å². The van der Waals surface area contributed by atoms with Gasteiger partial charge in [0.25, 0.3) is 0 Å². The lowest BCUT2D eigenvalue weighted by atomic mass is 9.73. The Morgan fingerprint density at radius 3 is 2.75 bits per heavy atom. The van der Waals surface area contributed by atoms with Crippen molar-refractivity contribution in [3.63, 3.8) is 0 Å². The molecule has 6 heteroatoms. The highest BCUT2D eigenvalue weighted by Crippen LogP contribution is 2.36. The first-order valence-electron chi connectivity index (χ1n) is 10.2. The summed E-state index contributed by atoms with van der Waals surface area (Å²) in [4.78, 5) is 22.3. The van der Waals surface area contributed by atoms with Gasteiger partial charge >= 0.3 is 5.97 Å². The number of hydrogen-bond acceptors (Lipinski definition) is 4. The minimum absolute atomic E-state index is 0.353. The third kappa shape index (κ3) is 4.45. The third-order valence-corrected chi connectivity index (χ3v) is 5.96. The number of carboxylic acids is 1. The molecule has 1 saturated heterocycles. The van der Waals surface area contributed by atoms with Crippen molar-refractivity contribution >= 4 is 5.97 Å². The second kappa shape index (κ2) is 8.88. The summed E-state index contributed by atoms with van der Waals surface area (Å²) in [5, 5.41) is 20.7. The van der Waals surface area contributed by atoms with E-state index in [9.17, 15) is 15.0 Å². The molecule has 0 spiro atoms. The maximum atomic E-state index is 12.2. The summed E-state index contributed by atoms with van der Waals surface area (Å²) in [6.45, 7) is 5.71. The van der Waals surface area contributed by atoms with Gasteiger partial charge in [0.2, 0.25) is 0 Å². The molecule has 3 rings (SSSR count). The topological polar surface area (TPSA) is 89.4 Å². The number of likely N-dealkylation sites (tertiary alicyclic amines) is 1. The van der Waals surface area contributed by atoms with Crippen molar-refractivity contribution in [2.45, 2.75) is 58.6 Å². The fourth-order valence-electron chi connectivity index (χ4n) is 4.21. The van der Waals surface area contributed by atoms with Gasteiger partial charge in [0, 0.05) is 31.7 Å². The number of carbonyl (C=O) groups is 1. The van der Waals surface area contributed by atoms with Crippen molar-refractivity contribution in [3.8, 4) is 0 Å². The van der Waals surface area contributed by atoms with Gasteiger partial charge in [0.05, 0.1) is 11.8 Å². The average Bonchev–Trinajstić information content (AvgIpc) is 3.04. The van der Waals surface area contributed by atoms with E-state index >= 15 is 0 Å². The predicted molar refractivity (Wildman–Crippen MR) is 108 cm³/mol. The number of nitrogens with zero attached hydrogens (tertiary/aromatic N) is 2. The number of aryl methyl sites for hydroxylation is 3. The lowest BCUT2D eigenvalue weighted by Gasteiger charge is -2.43. The number of aromatic amines is 1. The van der Waals surface area contributed by atoms with Gasteiger partial charge in [0.1, 0.15) is 11.2 Å². The van der Waals surface area contributed by atoms with Gasteiger partial charge in [-0.1, -0.05) is 37.3 Å². The molecule has 1 fully saturated rings. The van der Waals surface area contributed by atoms with Gasteiger partial charge in [-0.2, -0.15) is 0 Å². The van der Waals surface area contributed by atoms with Crippen LogP contribution in [-0.4, -0.2) is 50.2 Å². The monoisotopic (exact) mass is 385 g/mol. The van der Waals surface area contributed by atoms with Gasteiger partial charge in [0.15, 0.2) is 0 Å². The minimum atomic E-state index is -1.12. The first-order chi connectivity index (χ1) is 13.4. The Kier molecular flexibility index (Phi) is 6.52. The molecule has 152 valence electrons. The Labute approximate surface area is 166 Å². The molecule has 0 saturated carbocycles. The molecule has 1 aliphatic rings. The number of aliphatic hydroxyl groups excluding tert-OH is 1. The van der Waals surface area contributed by atoms with Crippen LogP contribution in [0.1, 0.15) is 49.0 Å². The van der Waals surface area contributed by atoms with E-state index in [1.807, 2.05) is 25.1 Å². The van der Waals surface area contributed by atoms with E-state index in [-0.39, 0.29) is 0 Å². The molecule has 0 aliphatic carbocycles. The molecule has 0 bridgehead atoms. The Morgan fingerprint density at radius 1 is 1.36 bits per heavy atom. The van der Waals surface area contributed by atoms with Crippen LogP contribution in [0.2, 0.25) is 0 Å². The van der Waals surface area contributed by atoms with Gasteiger partial charge in [-0.3, -0.25) is 9.69 Å². The zero-order chi connectivity index (χ0) is 20.1. The number of nitrogens with one attached hydrogen (secondary N) is 1. The molecule has 1 aromatic carbocycles. The fraction of sp³-hybridized carbons (Fsp3) is 0.545. The van der Waals surface area contributed by atoms with Crippen LogP contribution < -0.4 is 0 Å². The summed E-state index contributed by atoms with van der Waals surface area (Å²) in [5.74, 6) is 0.0580. The molecule has 0 radical (unpaired) electrons. The molecule has 2 aromatic rings. The standard InChI is InChI=1S/C22H31N3O3/c1-3-20-23-16(2)18(24-20)14-25-13-11-19(26)22(15-25,21(27)28)12-7-10-17-8-5-4-6-9-17/h4-6,8-9,19,26H,3,7,10-15H2,1-2H3,(H,23,24)(H,27,28)/t19-,22-/m1/s1. The number of aliphatic hydroxyl groups is 1. The number of imidazole rings is 1.